The molecule has 1 aliphatic heterocycles. The molecule has 1 aromatic carbocycles. The molecule has 0 unspecified atom stereocenters. The number of ether oxygens (including phenoxy) is 1. The minimum absolute atomic E-state index is 0.698. The zero-order chi connectivity index (χ0) is 17.3. The van der Waals surface area contributed by atoms with Gasteiger partial charge >= 0.3 is 0 Å². The van der Waals surface area contributed by atoms with E-state index in [1.54, 1.807) is 11.3 Å². The number of benzene rings is 1. The molecule has 1 aromatic heterocycles. The molecule has 0 radical (unpaired) electrons. The molecule has 0 saturated carbocycles. The van der Waals surface area contributed by atoms with Crippen molar-refractivity contribution in [1.82, 2.24) is 10.6 Å². The van der Waals surface area contributed by atoms with Crippen LogP contribution in [0.2, 0.25) is 0 Å². The van der Waals surface area contributed by atoms with Crippen LogP contribution in [0.25, 0.3) is 0 Å². The third-order valence-electron chi connectivity index (χ3n) is 4.13. The molecule has 2 N–H and O–H groups in total. The highest BCUT2D eigenvalue weighted by Gasteiger charge is 2.14. The van der Waals surface area contributed by atoms with Crippen molar-refractivity contribution in [3.05, 3.63) is 52.2 Å². The molecule has 0 aliphatic carbocycles. The van der Waals surface area contributed by atoms with Crippen LogP contribution in [0.3, 0.4) is 0 Å². The van der Waals surface area contributed by atoms with Gasteiger partial charge in [0.05, 0.1) is 19.8 Å². The van der Waals surface area contributed by atoms with Crippen LogP contribution in [-0.2, 0) is 17.8 Å². The molecule has 0 atom stereocenters. The predicted octanol–water partition coefficient (Wildman–Crippen LogP) is 2.84. The van der Waals surface area contributed by atoms with E-state index in [9.17, 15) is 0 Å². The summed E-state index contributed by atoms with van der Waals surface area (Å²) in [6.45, 7) is 7.88. The molecule has 2 aromatic rings. The van der Waals surface area contributed by atoms with E-state index >= 15 is 0 Å². The van der Waals surface area contributed by atoms with Crippen LogP contribution in [0.1, 0.15) is 18.1 Å². The molecule has 134 valence electrons. The van der Waals surface area contributed by atoms with Gasteiger partial charge in [-0.2, -0.15) is 11.3 Å². The maximum absolute atomic E-state index is 5.47. The first-order chi connectivity index (χ1) is 12.4. The molecule has 1 fully saturated rings. The average molecular weight is 359 g/mol. The monoisotopic (exact) mass is 358 g/mol. The van der Waals surface area contributed by atoms with E-state index in [2.05, 4.69) is 68.5 Å². The number of anilines is 1. The molecule has 1 aliphatic rings. The average Bonchev–Trinajstić information content (AvgIpc) is 3.18. The Morgan fingerprint density at radius 2 is 2.04 bits per heavy atom. The first kappa shape index (κ1) is 17.8. The van der Waals surface area contributed by atoms with E-state index in [0.29, 0.717) is 6.54 Å². The Morgan fingerprint density at radius 1 is 1.20 bits per heavy atom. The number of thiophene rings is 1. The Kier molecular flexibility index (Phi) is 6.71. The van der Waals surface area contributed by atoms with Crippen LogP contribution in [-0.4, -0.2) is 38.8 Å². The topological polar surface area (TPSA) is 48.9 Å². The summed E-state index contributed by atoms with van der Waals surface area (Å²) in [6.07, 6.45) is 0. The van der Waals surface area contributed by atoms with Crippen LogP contribution in [0.15, 0.2) is 46.1 Å². The van der Waals surface area contributed by atoms with Crippen LogP contribution in [0.4, 0.5) is 5.69 Å². The van der Waals surface area contributed by atoms with E-state index in [1.807, 2.05) is 0 Å². The highest BCUT2D eigenvalue weighted by atomic mass is 32.1. The van der Waals surface area contributed by atoms with Gasteiger partial charge in [0.15, 0.2) is 5.96 Å². The molecule has 0 bridgehead atoms. The summed E-state index contributed by atoms with van der Waals surface area (Å²) >= 11 is 1.71. The summed E-state index contributed by atoms with van der Waals surface area (Å²) in [5.74, 6) is 0.852. The van der Waals surface area contributed by atoms with Gasteiger partial charge in [0, 0.05) is 31.9 Å². The van der Waals surface area contributed by atoms with Gasteiger partial charge in [-0.3, -0.25) is 0 Å². The Morgan fingerprint density at radius 3 is 2.80 bits per heavy atom. The van der Waals surface area contributed by atoms with Crippen LogP contribution < -0.4 is 15.5 Å². The maximum Gasteiger partial charge on any atom is 0.191 e. The second kappa shape index (κ2) is 9.44. The minimum atomic E-state index is 0.698. The summed E-state index contributed by atoms with van der Waals surface area (Å²) in [7, 11) is 0. The lowest BCUT2D eigenvalue weighted by atomic mass is 10.1. The van der Waals surface area contributed by atoms with Gasteiger partial charge < -0.3 is 20.3 Å². The van der Waals surface area contributed by atoms with E-state index in [0.717, 1.165) is 45.4 Å². The quantitative estimate of drug-likeness (QED) is 0.616. The van der Waals surface area contributed by atoms with Crippen LogP contribution in [0, 0.1) is 0 Å². The summed E-state index contributed by atoms with van der Waals surface area (Å²) < 4.78 is 5.47. The van der Waals surface area contributed by atoms with Gasteiger partial charge in [-0.25, -0.2) is 4.99 Å². The number of rotatable bonds is 6. The lowest BCUT2D eigenvalue weighted by Gasteiger charge is -2.30. The predicted molar refractivity (Wildman–Crippen MR) is 105 cm³/mol. The molecular formula is C19H26N4OS. The first-order valence-corrected chi connectivity index (χ1v) is 9.75. The van der Waals surface area contributed by atoms with Gasteiger partial charge in [0.25, 0.3) is 0 Å². The molecule has 1 saturated heterocycles. The van der Waals surface area contributed by atoms with E-state index in [-0.39, 0.29) is 0 Å². The largest absolute Gasteiger partial charge is 0.378 e. The standard InChI is InChI=1S/C19H26N4OS/c1-2-20-19(21-13-16-7-12-25-15-16)22-14-17-5-3-4-6-18(17)23-8-10-24-11-9-23/h3-7,12,15H,2,8-11,13-14H2,1H3,(H2,20,21,22). The fourth-order valence-electron chi connectivity index (χ4n) is 2.85. The van der Waals surface area contributed by atoms with Gasteiger partial charge in [0.1, 0.15) is 0 Å². The van der Waals surface area contributed by atoms with Crippen LogP contribution in [0.5, 0.6) is 0 Å². The Hall–Kier alpha value is -2.05. The molecule has 3 rings (SSSR count). The molecule has 2 heterocycles. The number of aliphatic imine (C=N–C) groups is 1. The van der Waals surface area contributed by atoms with Gasteiger partial charge in [0.2, 0.25) is 0 Å². The number of hydrogen-bond donors (Lipinski definition) is 2. The zero-order valence-electron chi connectivity index (χ0n) is 14.7. The second-order valence-corrected chi connectivity index (χ2v) is 6.69. The Labute approximate surface area is 153 Å². The molecule has 0 spiro atoms. The summed E-state index contributed by atoms with van der Waals surface area (Å²) in [5, 5.41) is 11.0. The van der Waals surface area contributed by atoms with Crippen molar-refractivity contribution >= 4 is 23.0 Å². The van der Waals surface area contributed by atoms with Crippen LogP contribution >= 0.6 is 11.3 Å². The number of morpholine rings is 1. The van der Waals surface area contributed by atoms with Crippen molar-refractivity contribution < 1.29 is 4.74 Å². The summed E-state index contributed by atoms with van der Waals surface area (Å²) in [6, 6.07) is 10.7. The number of guanidine groups is 1. The van der Waals surface area contributed by atoms with Crippen molar-refractivity contribution in [2.45, 2.75) is 20.0 Å². The maximum atomic E-state index is 5.47. The Bertz CT molecular complexity index is 666. The zero-order valence-corrected chi connectivity index (χ0v) is 15.5. The number of nitrogens with zero attached hydrogens (tertiary/aromatic N) is 2. The first-order valence-electron chi connectivity index (χ1n) is 8.80. The molecule has 0 amide bonds. The molecule has 25 heavy (non-hydrogen) atoms. The third-order valence-corrected chi connectivity index (χ3v) is 4.87. The fourth-order valence-corrected chi connectivity index (χ4v) is 3.51. The van der Waals surface area contributed by atoms with Crippen molar-refractivity contribution in [3.63, 3.8) is 0 Å². The van der Waals surface area contributed by atoms with Crippen molar-refractivity contribution in [2.75, 3.05) is 37.7 Å². The fraction of sp³-hybridized carbons (Fsp3) is 0.421. The highest BCUT2D eigenvalue weighted by Crippen LogP contribution is 2.21. The summed E-state index contributed by atoms with van der Waals surface area (Å²) in [4.78, 5) is 7.08. The normalized spacial score (nSPS) is 15.2. The van der Waals surface area contributed by atoms with Crippen molar-refractivity contribution in [2.24, 2.45) is 4.99 Å². The van der Waals surface area contributed by atoms with Crippen molar-refractivity contribution in [1.29, 1.82) is 0 Å². The molecular weight excluding hydrogens is 332 g/mol. The minimum Gasteiger partial charge on any atom is -0.378 e. The SMILES string of the molecule is CCNC(=NCc1ccsc1)NCc1ccccc1N1CCOCC1. The molecule has 5 nitrogen and oxygen atoms in total. The lowest BCUT2D eigenvalue weighted by Crippen LogP contribution is -2.39. The van der Waals surface area contributed by atoms with Gasteiger partial charge in [-0.15, -0.1) is 0 Å². The van der Waals surface area contributed by atoms with Crippen molar-refractivity contribution in [3.8, 4) is 0 Å². The smallest absolute Gasteiger partial charge is 0.191 e. The molecule has 6 heteroatoms. The second-order valence-electron chi connectivity index (χ2n) is 5.91. The highest BCUT2D eigenvalue weighted by molar-refractivity contribution is 7.07. The Balaban J connectivity index is 1.65. The van der Waals surface area contributed by atoms with Gasteiger partial charge in [-0.05, 0) is 40.9 Å². The van der Waals surface area contributed by atoms with Gasteiger partial charge in [-0.1, -0.05) is 18.2 Å². The third kappa shape index (κ3) is 5.21. The lowest BCUT2D eigenvalue weighted by molar-refractivity contribution is 0.122. The summed E-state index contributed by atoms with van der Waals surface area (Å²) in [5.41, 5.74) is 3.81. The number of para-hydroxylation sites is 1. The number of nitrogens with one attached hydrogen (secondary N) is 2. The van der Waals surface area contributed by atoms with E-state index in [1.165, 1.54) is 16.8 Å². The van der Waals surface area contributed by atoms with E-state index in [4.69, 9.17) is 4.74 Å². The van der Waals surface area contributed by atoms with E-state index < -0.39 is 0 Å². The number of hydrogen-bond acceptors (Lipinski definition) is 4.